The average Bonchev–Trinajstić information content (AvgIpc) is 2.11. The smallest absolute Gasteiger partial charge is 0.224 e. The third-order valence-electron chi connectivity index (χ3n) is 2.29. The molecule has 0 radical (unpaired) electrons. The SMILES string of the molecule is CCC(C)CN=C(C)N(C)C(C)=O. The van der Waals surface area contributed by atoms with Crippen LogP contribution in [0, 0.1) is 5.92 Å². The van der Waals surface area contributed by atoms with Crippen LogP contribution in [0.4, 0.5) is 0 Å². The molecule has 0 aliphatic rings. The van der Waals surface area contributed by atoms with Crippen molar-refractivity contribution in [2.75, 3.05) is 13.6 Å². The summed E-state index contributed by atoms with van der Waals surface area (Å²) in [4.78, 5) is 16.9. The molecular weight excluding hydrogens is 164 g/mol. The standard InChI is InChI=1S/C10H20N2O/c1-6-8(2)7-11-9(3)12(5)10(4)13/h8H,6-7H2,1-5H3. The molecule has 0 aromatic carbocycles. The van der Waals surface area contributed by atoms with E-state index in [0.29, 0.717) is 5.92 Å². The lowest BCUT2D eigenvalue weighted by Crippen LogP contribution is -2.29. The molecule has 3 nitrogen and oxygen atoms in total. The van der Waals surface area contributed by atoms with Crippen LogP contribution < -0.4 is 0 Å². The summed E-state index contributed by atoms with van der Waals surface area (Å²) in [5, 5.41) is 0. The van der Waals surface area contributed by atoms with E-state index in [1.54, 1.807) is 18.9 Å². The number of amides is 1. The van der Waals surface area contributed by atoms with Crippen molar-refractivity contribution in [3.05, 3.63) is 0 Å². The molecule has 1 unspecified atom stereocenters. The molecule has 0 saturated heterocycles. The Morgan fingerprint density at radius 3 is 2.38 bits per heavy atom. The van der Waals surface area contributed by atoms with Gasteiger partial charge in [0, 0.05) is 20.5 Å². The lowest BCUT2D eigenvalue weighted by atomic mass is 10.1. The van der Waals surface area contributed by atoms with Gasteiger partial charge in [-0.05, 0) is 12.8 Å². The highest BCUT2D eigenvalue weighted by molar-refractivity contribution is 5.95. The van der Waals surface area contributed by atoms with Crippen molar-refractivity contribution in [3.8, 4) is 0 Å². The molecule has 76 valence electrons. The molecule has 0 saturated carbocycles. The zero-order chi connectivity index (χ0) is 10.4. The topological polar surface area (TPSA) is 32.7 Å². The van der Waals surface area contributed by atoms with Crippen LogP contribution in [-0.4, -0.2) is 30.2 Å². The second-order valence-corrected chi connectivity index (χ2v) is 3.48. The number of carbonyl (C=O) groups excluding carboxylic acids is 1. The fraction of sp³-hybridized carbons (Fsp3) is 0.800. The molecule has 0 aromatic rings. The van der Waals surface area contributed by atoms with Crippen LogP contribution in [0.25, 0.3) is 0 Å². The predicted molar refractivity (Wildman–Crippen MR) is 55.9 cm³/mol. The Labute approximate surface area is 80.8 Å². The molecule has 0 aromatic heterocycles. The van der Waals surface area contributed by atoms with Crippen LogP contribution in [0.5, 0.6) is 0 Å². The average molecular weight is 184 g/mol. The molecule has 3 heteroatoms. The van der Waals surface area contributed by atoms with Crippen molar-refractivity contribution in [3.63, 3.8) is 0 Å². The minimum Gasteiger partial charge on any atom is -0.304 e. The molecular formula is C10H20N2O. The number of carbonyl (C=O) groups is 1. The number of amidine groups is 1. The quantitative estimate of drug-likeness (QED) is 0.487. The van der Waals surface area contributed by atoms with Gasteiger partial charge in [-0.3, -0.25) is 9.79 Å². The minimum atomic E-state index is 0.0328. The maximum absolute atomic E-state index is 10.9. The lowest BCUT2D eigenvalue weighted by Gasteiger charge is -2.14. The van der Waals surface area contributed by atoms with Crippen molar-refractivity contribution >= 4 is 11.7 Å². The molecule has 0 heterocycles. The van der Waals surface area contributed by atoms with Crippen molar-refractivity contribution in [2.24, 2.45) is 10.9 Å². The first-order valence-electron chi connectivity index (χ1n) is 4.74. The predicted octanol–water partition coefficient (Wildman–Crippen LogP) is 1.93. The van der Waals surface area contributed by atoms with Crippen LogP contribution in [0.15, 0.2) is 4.99 Å². The van der Waals surface area contributed by atoms with E-state index in [4.69, 9.17) is 0 Å². The summed E-state index contributed by atoms with van der Waals surface area (Å²) in [5.41, 5.74) is 0. The van der Waals surface area contributed by atoms with E-state index in [9.17, 15) is 4.79 Å². The van der Waals surface area contributed by atoms with Crippen molar-refractivity contribution in [1.82, 2.24) is 4.90 Å². The van der Waals surface area contributed by atoms with Gasteiger partial charge in [0.15, 0.2) is 0 Å². The van der Waals surface area contributed by atoms with E-state index in [0.717, 1.165) is 18.8 Å². The molecule has 1 atom stereocenters. The van der Waals surface area contributed by atoms with E-state index >= 15 is 0 Å². The first-order chi connectivity index (χ1) is 5.99. The molecule has 0 N–H and O–H groups in total. The van der Waals surface area contributed by atoms with Gasteiger partial charge in [0.05, 0.1) is 0 Å². The molecule has 13 heavy (non-hydrogen) atoms. The fourth-order valence-corrected chi connectivity index (χ4v) is 0.751. The monoisotopic (exact) mass is 184 g/mol. The zero-order valence-corrected chi connectivity index (χ0v) is 9.29. The highest BCUT2D eigenvalue weighted by Crippen LogP contribution is 2.01. The summed E-state index contributed by atoms with van der Waals surface area (Å²) in [6, 6.07) is 0. The van der Waals surface area contributed by atoms with Gasteiger partial charge in [0.25, 0.3) is 0 Å². The molecule has 1 amide bonds. The molecule has 0 spiro atoms. The third-order valence-corrected chi connectivity index (χ3v) is 2.29. The van der Waals surface area contributed by atoms with Crippen LogP contribution in [0.2, 0.25) is 0 Å². The Kier molecular flexibility index (Phi) is 5.35. The molecule has 0 fully saturated rings. The van der Waals surface area contributed by atoms with Crippen molar-refractivity contribution in [2.45, 2.75) is 34.1 Å². The Morgan fingerprint density at radius 2 is 2.00 bits per heavy atom. The van der Waals surface area contributed by atoms with Gasteiger partial charge in [-0.2, -0.15) is 0 Å². The largest absolute Gasteiger partial charge is 0.304 e. The van der Waals surface area contributed by atoms with E-state index in [-0.39, 0.29) is 5.91 Å². The maximum Gasteiger partial charge on any atom is 0.224 e. The summed E-state index contributed by atoms with van der Waals surface area (Å²) in [6.07, 6.45) is 1.13. The lowest BCUT2D eigenvalue weighted by molar-refractivity contribution is -0.124. The maximum atomic E-state index is 10.9. The Morgan fingerprint density at radius 1 is 1.46 bits per heavy atom. The van der Waals surface area contributed by atoms with Crippen LogP contribution in [0.1, 0.15) is 34.1 Å². The van der Waals surface area contributed by atoms with Crippen LogP contribution >= 0.6 is 0 Å². The zero-order valence-electron chi connectivity index (χ0n) is 9.29. The number of rotatable bonds is 3. The van der Waals surface area contributed by atoms with E-state index in [1.165, 1.54) is 0 Å². The minimum absolute atomic E-state index is 0.0328. The van der Waals surface area contributed by atoms with Crippen molar-refractivity contribution < 1.29 is 4.79 Å². The number of hydrogen-bond acceptors (Lipinski definition) is 2. The van der Waals surface area contributed by atoms with Crippen LogP contribution in [-0.2, 0) is 4.79 Å². The highest BCUT2D eigenvalue weighted by Gasteiger charge is 2.05. The molecule has 0 aliphatic carbocycles. The Balaban J connectivity index is 4.08. The molecule has 0 aliphatic heterocycles. The second-order valence-electron chi connectivity index (χ2n) is 3.48. The van der Waals surface area contributed by atoms with E-state index < -0.39 is 0 Å². The Bertz CT molecular complexity index is 199. The summed E-state index contributed by atoms with van der Waals surface area (Å²) in [5.74, 6) is 1.42. The summed E-state index contributed by atoms with van der Waals surface area (Å²) in [6.45, 7) is 8.51. The Hall–Kier alpha value is -0.860. The van der Waals surface area contributed by atoms with Gasteiger partial charge >= 0.3 is 0 Å². The number of hydrogen-bond donors (Lipinski definition) is 0. The van der Waals surface area contributed by atoms with Gasteiger partial charge in [0.2, 0.25) is 5.91 Å². The second kappa shape index (κ2) is 5.73. The first kappa shape index (κ1) is 12.1. The first-order valence-corrected chi connectivity index (χ1v) is 4.74. The fourth-order valence-electron chi connectivity index (χ4n) is 0.751. The van der Waals surface area contributed by atoms with Crippen LogP contribution in [0.3, 0.4) is 0 Å². The van der Waals surface area contributed by atoms with Gasteiger partial charge in [-0.25, -0.2) is 0 Å². The third kappa shape index (κ3) is 4.65. The molecule has 0 bridgehead atoms. The van der Waals surface area contributed by atoms with E-state index in [2.05, 4.69) is 18.8 Å². The molecule has 0 rings (SSSR count). The van der Waals surface area contributed by atoms with Gasteiger partial charge in [0.1, 0.15) is 5.84 Å². The number of aliphatic imine (C=N–C) groups is 1. The van der Waals surface area contributed by atoms with Crippen molar-refractivity contribution in [1.29, 1.82) is 0 Å². The summed E-state index contributed by atoms with van der Waals surface area (Å²) in [7, 11) is 1.75. The summed E-state index contributed by atoms with van der Waals surface area (Å²) < 4.78 is 0. The van der Waals surface area contributed by atoms with E-state index in [1.807, 2.05) is 6.92 Å². The summed E-state index contributed by atoms with van der Waals surface area (Å²) >= 11 is 0. The van der Waals surface area contributed by atoms with Gasteiger partial charge < -0.3 is 4.90 Å². The normalized spacial score (nSPS) is 14.1. The van der Waals surface area contributed by atoms with Gasteiger partial charge in [-0.1, -0.05) is 20.3 Å². The number of nitrogens with zero attached hydrogens (tertiary/aromatic N) is 2. The van der Waals surface area contributed by atoms with Gasteiger partial charge in [-0.15, -0.1) is 0 Å². The highest BCUT2D eigenvalue weighted by atomic mass is 16.2.